The molecule has 0 radical (unpaired) electrons. The summed E-state index contributed by atoms with van der Waals surface area (Å²) < 4.78 is 17.1. The van der Waals surface area contributed by atoms with Crippen molar-refractivity contribution < 1.29 is 23.9 Å². The van der Waals surface area contributed by atoms with Gasteiger partial charge in [-0.2, -0.15) is 0 Å². The standard InChI is InChI=1S/C25H30ClNO6/c1-16(31-5)25(12-6-7-17-13-19(26)9-10-20(17)25)15-32-22-11-8-18(14-21(22)27(29)30)23(28)33-24(2,3)4/h8-11,13-14,16H,6-7,12,15H2,1-5H3/t16?,25-/m1/s1. The average Bonchev–Trinajstić information content (AvgIpc) is 2.75. The van der Waals surface area contributed by atoms with Gasteiger partial charge in [-0.25, -0.2) is 4.79 Å². The molecular weight excluding hydrogens is 446 g/mol. The summed E-state index contributed by atoms with van der Waals surface area (Å²) in [6, 6.07) is 9.94. The number of nitrogens with zero attached hydrogens (tertiary/aromatic N) is 1. The van der Waals surface area contributed by atoms with Gasteiger partial charge in [0.1, 0.15) is 12.2 Å². The van der Waals surface area contributed by atoms with Gasteiger partial charge in [-0.3, -0.25) is 10.1 Å². The number of benzene rings is 2. The molecule has 7 nitrogen and oxygen atoms in total. The lowest BCUT2D eigenvalue weighted by Gasteiger charge is -2.42. The zero-order chi connectivity index (χ0) is 24.4. The van der Waals surface area contributed by atoms with Crippen LogP contribution in [0.2, 0.25) is 5.02 Å². The smallest absolute Gasteiger partial charge is 0.338 e. The third-order valence-electron chi connectivity index (χ3n) is 6.08. The third-order valence-corrected chi connectivity index (χ3v) is 6.31. The molecule has 3 rings (SSSR count). The topological polar surface area (TPSA) is 87.9 Å². The summed E-state index contributed by atoms with van der Waals surface area (Å²) in [5.74, 6) is -0.532. The van der Waals surface area contributed by atoms with Crippen LogP contribution in [0.25, 0.3) is 0 Å². The minimum Gasteiger partial charge on any atom is -0.486 e. The van der Waals surface area contributed by atoms with Crippen molar-refractivity contribution >= 4 is 23.3 Å². The summed E-state index contributed by atoms with van der Waals surface area (Å²) in [6.45, 7) is 7.38. The highest BCUT2D eigenvalue weighted by Crippen LogP contribution is 2.43. The Morgan fingerprint density at radius 1 is 1.24 bits per heavy atom. The number of methoxy groups -OCH3 is 1. The molecule has 0 N–H and O–H groups in total. The molecule has 1 unspecified atom stereocenters. The quantitative estimate of drug-likeness (QED) is 0.282. The van der Waals surface area contributed by atoms with Crippen LogP contribution in [0.15, 0.2) is 36.4 Å². The molecule has 8 heteroatoms. The lowest BCUT2D eigenvalue weighted by atomic mass is 9.67. The van der Waals surface area contributed by atoms with Crippen LogP contribution in [-0.4, -0.2) is 36.3 Å². The van der Waals surface area contributed by atoms with Crippen molar-refractivity contribution in [3.63, 3.8) is 0 Å². The summed E-state index contributed by atoms with van der Waals surface area (Å²) in [5.41, 5.74) is 0.829. The lowest BCUT2D eigenvalue weighted by molar-refractivity contribution is -0.386. The molecule has 1 aliphatic rings. The van der Waals surface area contributed by atoms with E-state index in [1.807, 2.05) is 25.1 Å². The highest BCUT2D eigenvalue weighted by molar-refractivity contribution is 6.30. The second kappa shape index (κ2) is 9.69. The van der Waals surface area contributed by atoms with Crippen molar-refractivity contribution in [1.82, 2.24) is 0 Å². The van der Waals surface area contributed by atoms with E-state index in [1.54, 1.807) is 27.9 Å². The Morgan fingerprint density at radius 3 is 2.61 bits per heavy atom. The number of hydrogen-bond donors (Lipinski definition) is 0. The maximum absolute atomic E-state index is 12.4. The van der Waals surface area contributed by atoms with Gasteiger partial charge in [0.2, 0.25) is 0 Å². The van der Waals surface area contributed by atoms with Gasteiger partial charge in [0, 0.05) is 18.2 Å². The summed E-state index contributed by atoms with van der Waals surface area (Å²) in [4.78, 5) is 23.6. The van der Waals surface area contributed by atoms with E-state index < -0.39 is 21.9 Å². The SMILES string of the molecule is COC(C)[C@]1(COc2ccc(C(=O)OC(C)(C)C)cc2[N+](=O)[O-])CCCc2cc(Cl)ccc21. The lowest BCUT2D eigenvalue weighted by Crippen LogP contribution is -2.46. The van der Waals surface area contributed by atoms with Crippen molar-refractivity contribution in [2.75, 3.05) is 13.7 Å². The van der Waals surface area contributed by atoms with Crippen LogP contribution in [0.4, 0.5) is 5.69 Å². The molecule has 0 saturated carbocycles. The van der Waals surface area contributed by atoms with E-state index >= 15 is 0 Å². The normalized spacial score (nSPS) is 18.8. The number of nitro groups is 1. The molecule has 2 aromatic carbocycles. The number of fused-ring (bicyclic) bond motifs is 1. The molecule has 1 aliphatic carbocycles. The van der Waals surface area contributed by atoms with Gasteiger partial charge in [0.15, 0.2) is 5.75 Å². The Kier molecular flexibility index (Phi) is 7.34. The first-order valence-corrected chi connectivity index (χ1v) is 11.3. The van der Waals surface area contributed by atoms with Gasteiger partial charge < -0.3 is 14.2 Å². The van der Waals surface area contributed by atoms with Gasteiger partial charge in [-0.05, 0) is 82.3 Å². The van der Waals surface area contributed by atoms with E-state index in [1.165, 1.54) is 18.2 Å². The van der Waals surface area contributed by atoms with Gasteiger partial charge in [0.25, 0.3) is 0 Å². The van der Waals surface area contributed by atoms with Crippen LogP contribution in [0.5, 0.6) is 5.75 Å². The Bertz CT molecular complexity index is 1050. The first kappa shape index (κ1) is 25.0. The highest BCUT2D eigenvalue weighted by Gasteiger charge is 2.43. The van der Waals surface area contributed by atoms with E-state index in [9.17, 15) is 14.9 Å². The maximum atomic E-state index is 12.4. The summed E-state index contributed by atoms with van der Waals surface area (Å²) in [7, 11) is 1.65. The molecule has 0 fully saturated rings. The van der Waals surface area contributed by atoms with Crippen LogP contribution in [0, 0.1) is 10.1 Å². The van der Waals surface area contributed by atoms with Crippen molar-refractivity contribution in [1.29, 1.82) is 0 Å². The Morgan fingerprint density at radius 2 is 1.97 bits per heavy atom. The molecule has 0 aromatic heterocycles. The third kappa shape index (κ3) is 5.47. The summed E-state index contributed by atoms with van der Waals surface area (Å²) in [6.07, 6.45) is 2.43. The largest absolute Gasteiger partial charge is 0.486 e. The fourth-order valence-electron chi connectivity index (χ4n) is 4.35. The zero-order valence-electron chi connectivity index (χ0n) is 19.6. The zero-order valence-corrected chi connectivity index (χ0v) is 20.4. The monoisotopic (exact) mass is 475 g/mol. The second-order valence-electron chi connectivity index (χ2n) is 9.42. The van der Waals surface area contributed by atoms with Crippen molar-refractivity contribution in [3.05, 3.63) is 68.2 Å². The number of hydrogen-bond acceptors (Lipinski definition) is 6. The van der Waals surface area contributed by atoms with Crippen LogP contribution >= 0.6 is 11.6 Å². The van der Waals surface area contributed by atoms with Gasteiger partial charge >= 0.3 is 11.7 Å². The van der Waals surface area contributed by atoms with Gasteiger partial charge in [-0.1, -0.05) is 17.7 Å². The van der Waals surface area contributed by atoms with E-state index in [2.05, 4.69) is 0 Å². The average molecular weight is 476 g/mol. The Balaban J connectivity index is 1.94. The first-order chi connectivity index (χ1) is 15.5. The number of rotatable bonds is 7. The van der Waals surface area contributed by atoms with Gasteiger partial charge in [0.05, 0.1) is 22.0 Å². The molecule has 33 heavy (non-hydrogen) atoms. The molecular formula is C25H30ClNO6. The Hall–Kier alpha value is -2.64. The van der Waals surface area contributed by atoms with E-state index in [4.69, 9.17) is 25.8 Å². The van der Waals surface area contributed by atoms with Gasteiger partial charge in [-0.15, -0.1) is 0 Å². The Labute approximate surface area is 199 Å². The maximum Gasteiger partial charge on any atom is 0.338 e. The predicted octanol–water partition coefficient (Wildman–Crippen LogP) is 5.89. The van der Waals surface area contributed by atoms with Crippen LogP contribution < -0.4 is 4.74 Å². The molecule has 2 aromatic rings. The molecule has 2 atom stereocenters. The molecule has 0 heterocycles. The molecule has 0 bridgehead atoms. The summed E-state index contributed by atoms with van der Waals surface area (Å²) >= 11 is 6.22. The number of carbonyl (C=O) groups excluding carboxylic acids is 1. The van der Waals surface area contributed by atoms with Crippen LogP contribution in [0.1, 0.15) is 62.0 Å². The highest BCUT2D eigenvalue weighted by atomic mass is 35.5. The second-order valence-corrected chi connectivity index (χ2v) is 9.86. The minimum atomic E-state index is -0.707. The van der Waals surface area contributed by atoms with E-state index in [-0.39, 0.29) is 29.7 Å². The fourth-order valence-corrected chi connectivity index (χ4v) is 4.55. The van der Waals surface area contributed by atoms with Crippen molar-refractivity contribution in [3.8, 4) is 5.75 Å². The first-order valence-electron chi connectivity index (χ1n) is 10.9. The number of nitro benzene ring substituents is 1. The van der Waals surface area contributed by atoms with E-state index in [0.717, 1.165) is 30.4 Å². The number of halogens is 1. The van der Waals surface area contributed by atoms with Crippen molar-refractivity contribution in [2.45, 2.75) is 64.1 Å². The number of aryl methyl sites for hydroxylation is 1. The number of ether oxygens (including phenoxy) is 3. The fraction of sp³-hybridized carbons (Fsp3) is 0.480. The molecule has 178 valence electrons. The number of carbonyl (C=O) groups is 1. The number of esters is 1. The van der Waals surface area contributed by atoms with Crippen LogP contribution in [0.3, 0.4) is 0 Å². The molecule has 0 saturated heterocycles. The summed E-state index contributed by atoms with van der Waals surface area (Å²) in [5, 5.41) is 12.4. The van der Waals surface area contributed by atoms with Crippen molar-refractivity contribution in [2.24, 2.45) is 0 Å². The molecule has 0 aliphatic heterocycles. The predicted molar refractivity (Wildman–Crippen MR) is 126 cm³/mol. The molecule has 0 spiro atoms. The van der Waals surface area contributed by atoms with E-state index in [0.29, 0.717) is 5.02 Å². The van der Waals surface area contributed by atoms with Crippen LogP contribution in [-0.2, 0) is 21.3 Å². The minimum absolute atomic E-state index is 0.0936. The molecule has 0 amide bonds.